The summed E-state index contributed by atoms with van der Waals surface area (Å²) in [5, 5.41) is 9.54. The van der Waals surface area contributed by atoms with E-state index in [1.165, 1.54) is 0 Å². The van der Waals surface area contributed by atoms with Gasteiger partial charge in [0, 0.05) is 16.7 Å². The molecule has 0 saturated heterocycles. The maximum absolute atomic E-state index is 9.54. The summed E-state index contributed by atoms with van der Waals surface area (Å²) in [7, 11) is 0. The molecule has 0 unspecified atom stereocenters. The number of hydrogen-bond acceptors (Lipinski definition) is 3. The Labute approximate surface area is 146 Å². The molecule has 3 heteroatoms. The maximum atomic E-state index is 9.54. The Hall–Kier alpha value is -3.46. The molecule has 0 bridgehead atoms. The minimum Gasteiger partial charge on any atom is -0.508 e. The van der Waals surface area contributed by atoms with E-state index in [4.69, 9.17) is 9.97 Å². The predicted octanol–water partition coefficient (Wildman–Crippen LogP) is 5.18. The molecule has 3 nitrogen and oxygen atoms in total. The monoisotopic (exact) mass is 324 g/mol. The van der Waals surface area contributed by atoms with Crippen LogP contribution in [0.3, 0.4) is 0 Å². The zero-order valence-electron chi connectivity index (χ0n) is 13.5. The zero-order valence-corrected chi connectivity index (χ0v) is 13.5. The number of benzene rings is 3. The second kappa shape index (κ2) is 6.57. The van der Waals surface area contributed by atoms with Crippen LogP contribution >= 0.6 is 0 Å². The Bertz CT molecular complexity index is 924. The van der Waals surface area contributed by atoms with Crippen LogP contribution in [-0.4, -0.2) is 15.1 Å². The van der Waals surface area contributed by atoms with Crippen LogP contribution in [0.2, 0.25) is 0 Å². The van der Waals surface area contributed by atoms with Crippen LogP contribution < -0.4 is 0 Å². The molecule has 0 radical (unpaired) electrons. The van der Waals surface area contributed by atoms with Crippen molar-refractivity contribution in [2.24, 2.45) is 0 Å². The van der Waals surface area contributed by atoms with Gasteiger partial charge in [-0.1, -0.05) is 60.7 Å². The average molecular weight is 324 g/mol. The summed E-state index contributed by atoms with van der Waals surface area (Å²) in [6.07, 6.45) is 0. The summed E-state index contributed by atoms with van der Waals surface area (Å²) in [6, 6.07) is 29.1. The van der Waals surface area contributed by atoms with E-state index in [9.17, 15) is 5.11 Å². The molecular formula is C22H16N2O. The number of rotatable bonds is 3. The Morgan fingerprint density at radius 1 is 0.520 bits per heavy atom. The molecule has 120 valence electrons. The van der Waals surface area contributed by atoms with Gasteiger partial charge in [0.05, 0.1) is 11.4 Å². The molecular weight excluding hydrogens is 308 g/mol. The smallest absolute Gasteiger partial charge is 0.160 e. The van der Waals surface area contributed by atoms with E-state index >= 15 is 0 Å². The Balaban J connectivity index is 1.90. The first-order valence-electron chi connectivity index (χ1n) is 8.09. The SMILES string of the molecule is Oc1ccc(-c2cc(-c3ccccc3)nc(-c3ccccc3)n2)cc1. The highest BCUT2D eigenvalue weighted by atomic mass is 16.3. The number of phenolic OH excluding ortho intramolecular Hbond substituents is 1. The maximum Gasteiger partial charge on any atom is 0.160 e. The normalized spacial score (nSPS) is 10.6. The number of nitrogens with zero attached hydrogens (tertiary/aromatic N) is 2. The van der Waals surface area contributed by atoms with Gasteiger partial charge in [-0.15, -0.1) is 0 Å². The molecule has 0 aliphatic carbocycles. The Kier molecular flexibility index (Phi) is 3.97. The van der Waals surface area contributed by atoms with Gasteiger partial charge in [-0.25, -0.2) is 9.97 Å². The van der Waals surface area contributed by atoms with Crippen molar-refractivity contribution in [1.82, 2.24) is 9.97 Å². The Morgan fingerprint density at radius 2 is 1.00 bits per heavy atom. The van der Waals surface area contributed by atoms with Crippen LogP contribution in [-0.2, 0) is 0 Å². The van der Waals surface area contributed by atoms with Gasteiger partial charge in [0.25, 0.3) is 0 Å². The van der Waals surface area contributed by atoms with Crippen molar-refractivity contribution in [2.75, 3.05) is 0 Å². The van der Waals surface area contributed by atoms with E-state index in [0.717, 1.165) is 28.1 Å². The van der Waals surface area contributed by atoms with E-state index in [1.807, 2.05) is 78.9 Å². The summed E-state index contributed by atoms with van der Waals surface area (Å²) >= 11 is 0. The fraction of sp³-hybridized carbons (Fsp3) is 0. The van der Waals surface area contributed by atoms with Crippen molar-refractivity contribution in [3.63, 3.8) is 0 Å². The molecule has 0 aliphatic rings. The standard InChI is InChI=1S/C22H16N2O/c25-19-13-11-17(12-14-19)21-15-20(16-7-3-1-4-8-16)23-22(24-21)18-9-5-2-6-10-18/h1-15,25H. The average Bonchev–Trinajstić information content (AvgIpc) is 2.69. The van der Waals surface area contributed by atoms with E-state index < -0.39 is 0 Å². The summed E-state index contributed by atoms with van der Waals surface area (Å²) < 4.78 is 0. The minimum atomic E-state index is 0.240. The lowest BCUT2D eigenvalue weighted by atomic mass is 10.1. The van der Waals surface area contributed by atoms with Gasteiger partial charge < -0.3 is 5.11 Å². The fourth-order valence-electron chi connectivity index (χ4n) is 2.70. The van der Waals surface area contributed by atoms with Crippen LogP contribution in [0.4, 0.5) is 0 Å². The third kappa shape index (κ3) is 3.26. The summed E-state index contributed by atoms with van der Waals surface area (Å²) in [4.78, 5) is 9.49. The third-order valence-electron chi connectivity index (χ3n) is 3.99. The van der Waals surface area contributed by atoms with Gasteiger partial charge in [-0.05, 0) is 30.3 Å². The zero-order chi connectivity index (χ0) is 17.1. The van der Waals surface area contributed by atoms with Gasteiger partial charge >= 0.3 is 0 Å². The molecule has 1 heterocycles. The van der Waals surface area contributed by atoms with Crippen LogP contribution in [0, 0.1) is 0 Å². The molecule has 1 aromatic heterocycles. The van der Waals surface area contributed by atoms with E-state index in [-0.39, 0.29) is 5.75 Å². The second-order valence-electron chi connectivity index (χ2n) is 5.74. The molecule has 0 amide bonds. The summed E-state index contributed by atoms with van der Waals surface area (Å²) in [6.45, 7) is 0. The lowest BCUT2D eigenvalue weighted by molar-refractivity contribution is 0.475. The number of aromatic hydroxyl groups is 1. The summed E-state index contributed by atoms with van der Waals surface area (Å²) in [5.41, 5.74) is 4.65. The van der Waals surface area contributed by atoms with E-state index in [1.54, 1.807) is 12.1 Å². The van der Waals surface area contributed by atoms with Crippen LogP contribution in [0.1, 0.15) is 0 Å². The van der Waals surface area contributed by atoms with E-state index in [0.29, 0.717) is 5.82 Å². The van der Waals surface area contributed by atoms with Gasteiger partial charge in [0.2, 0.25) is 0 Å². The number of aromatic nitrogens is 2. The first kappa shape index (κ1) is 15.1. The summed E-state index contributed by atoms with van der Waals surface area (Å²) in [5.74, 6) is 0.925. The highest BCUT2D eigenvalue weighted by Crippen LogP contribution is 2.28. The molecule has 0 saturated carbocycles. The van der Waals surface area contributed by atoms with Crippen molar-refractivity contribution in [3.8, 4) is 39.7 Å². The van der Waals surface area contributed by atoms with Gasteiger partial charge in [0.1, 0.15) is 5.75 Å². The number of phenols is 1. The van der Waals surface area contributed by atoms with Gasteiger partial charge in [-0.3, -0.25) is 0 Å². The highest BCUT2D eigenvalue weighted by Gasteiger charge is 2.10. The van der Waals surface area contributed by atoms with Crippen molar-refractivity contribution in [1.29, 1.82) is 0 Å². The molecule has 0 aliphatic heterocycles. The molecule has 0 atom stereocenters. The molecule has 1 N–H and O–H groups in total. The van der Waals surface area contributed by atoms with Gasteiger partial charge in [0.15, 0.2) is 5.82 Å². The van der Waals surface area contributed by atoms with Crippen LogP contribution in [0.25, 0.3) is 33.9 Å². The predicted molar refractivity (Wildman–Crippen MR) is 100 cm³/mol. The minimum absolute atomic E-state index is 0.240. The third-order valence-corrected chi connectivity index (χ3v) is 3.99. The highest BCUT2D eigenvalue weighted by molar-refractivity contribution is 5.71. The molecule has 4 rings (SSSR count). The lowest BCUT2D eigenvalue weighted by Gasteiger charge is -2.09. The van der Waals surface area contributed by atoms with Crippen LogP contribution in [0.5, 0.6) is 5.75 Å². The molecule has 4 aromatic rings. The molecule has 25 heavy (non-hydrogen) atoms. The Morgan fingerprint density at radius 3 is 1.56 bits per heavy atom. The topological polar surface area (TPSA) is 46.0 Å². The van der Waals surface area contributed by atoms with Crippen molar-refractivity contribution >= 4 is 0 Å². The van der Waals surface area contributed by atoms with Crippen molar-refractivity contribution < 1.29 is 5.11 Å². The quantitative estimate of drug-likeness (QED) is 0.564. The van der Waals surface area contributed by atoms with E-state index in [2.05, 4.69) is 0 Å². The van der Waals surface area contributed by atoms with Crippen molar-refractivity contribution in [3.05, 3.63) is 91.0 Å². The molecule has 0 fully saturated rings. The largest absolute Gasteiger partial charge is 0.508 e. The van der Waals surface area contributed by atoms with Crippen LogP contribution in [0.15, 0.2) is 91.0 Å². The molecule has 0 spiro atoms. The first-order valence-corrected chi connectivity index (χ1v) is 8.09. The first-order chi connectivity index (χ1) is 12.3. The fourth-order valence-corrected chi connectivity index (χ4v) is 2.70. The van der Waals surface area contributed by atoms with Crippen molar-refractivity contribution in [2.45, 2.75) is 0 Å². The molecule has 3 aromatic carbocycles. The second-order valence-corrected chi connectivity index (χ2v) is 5.74. The van der Waals surface area contributed by atoms with Gasteiger partial charge in [-0.2, -0.15) is 0 Å². The number of hydrogen-bond donors (Lipinski definition) is 1. The lowest BCUT2D eigenvalue weighted by Crippen LogP contribution is -1.95.